The molecule has 2 rings (SSSR count). The summed E-state index contributed by atoms with van der Waals surface area (Å²) >= 11 is 1.68. The average molecular weight is 277 g/mol. The van der Waals surface area contributed by atoms with Crippen molar-refractivity contribution in [2.24, 2.45) is 0 Å². The van der Waals surface area contributed by atoms with E-state index in [0.717, 1.165) is 34.3 Å². The SMILES string of the molecule is Cc1ncnc(NCc2nc(CN(C)C)cs2)c1C. The normalized spacial score (nSPS) is 11.0. The van der Waals surface area contributed by atoms with Gasteiger partial charge in [-0.05, 0) is 27.9 Å². The van der Waals surface area contributed by atoms with Crippen molar-refractivity contribution in [3.63, 3.8) is 0 Å². The maximum absolute atomic E-state index is 4.59. The quantitative estimate of drug-likeness (QED) is 0.908. The van der Waals surface area contributed by atoms with E-state index in [0.29, 0.717) is 6.54 Å². The number of nitrogens with one attached hydrogen (secondary N) is 1. The Balaban J connectivity index is 1.98. The van der Waals surface area contributed by atoms with Crippen LogP contribution in [0.4, 0.5) is 5.82 Å². The lowest BCUT2D eigenvalue weighted by Gasteiger charge is -2.08. The fourth-order valence-electron chi connectivity index (χ4n) is 1.70. The van der Waals surface area contributed by atoms with Crippen molar-refractivity contribution < 1.29 is 0 Å². The molecule has 0 atom stereocenters. The first-order chi connectivity index (χ1) is 9.06. The molecule has 0 aliphatic rings. The van der Waals surface area contributed by atoms with E-state index in [1.54, 1.807) is 17.7 Å². The summed E-state index contributed by atoms with van der Waals surface area (Å²) in [6.45, 7) is 5.59. The lowest BCUT2D eigenvalue weighted by atomic mass is 10.2. The van der Waals surface area contributed by atoms with Crippen molar-refractivity contribution in [2.75, 3.05) is 19.4 Å². The molecule has 1 N–H and O–H groups in total. The Hall–Kier alpha value is -1.53. The molecule has 0 fully saturated rings. The molecule has 0 spiro atoms. The van der Waals surface area contributed by atoms with Crippen LogP contribution in [0, 0.1) is 13.8 Å². The highest BCUT2D eigenvalue weighted by Crippen LogP contribution is 2.16. The summed E-state index contributed by atoms with van der Waals surface area (Å²) in [6.07, 6.45) is 1.59. The summed E-state index contributed by atoms with van der Waals surface area (Å²) in [7, 11) is 4.09. The molecule has 0 amide bonds. The monoisotopic (exact) mass is 277 g/mol. The Bertz CT molecular complexity index is 550. The molecule has 0 aliphatic heterocycles. The minimum atomic E-state index is 0.704. The van der Waals surface area contributed by atoms with Crippen molar-refractivity contribution in [1.29, 1.82) is 0 Å². The van der Waals surface area contributed by atoms with Gasteiger partial charge in [-0.1, -0.05) is 0 Å². The van der Waals surface area contributed by atoms with Crippen molar-refractivity contribution >= 4 is 17.2 Å². The number of hydrogen-bond donors (Lipinski definition) is 1. The van der Waals surface area contributed by atoms with Crippen molar-refractivity contribution in [2.45, 2.75) is 26.9 Å². The van der Waals surface area contributed by atoms with Crippen LogP contribution in [0.2, 0.25) is 0 Å². The maximum Gasteiger partial charge on any atom is 0.132 e. The summed E-state index contributed by atoms with van der Waals surface area (Å²) in [5.74, 6) is 0.886. The molecule has 0 saturated carbocycles. The number of aryl methyl sites for hydroxylation is 1. The first kappa shape index (κ1) is 13.9. The van der Waals surface area contributed by atoms with E-state index in [1.807, 2.05) is 27.9 Å². The number of rotatable bonds is 5. The summed E-state index contributed by atoms with van der Waals surface area (Å²) in [4.78, 5) is 15.1. The zero-order valence-corrected chi connectivity index (χ0v) is 12.6. The second kappa shape index (κ2) is 6.08. The van der Waals surface area contributed by atoms with Crippen LogP contribution in [0.3, 0.4) is 0 Å². The minimum Gasteiger partial charge on any atom is -0.363 e. The smallest absolute Gasteiger partial charge is 0.132 e. The third-order valence-corrected chi connectivity index (χ3v) is 3.72. The number of aromatic nitrogens is 3. The molecule has 0 aromatic carbocycles. The number of hydrogen-bond acceptors (Lipinski definition) is 6. The number of anilines is 1. The predicted molar refractivity (Wildman–Crippen MR) is 78.3 cm³/mol. The number of nitrogens with zero attached hydrogens (tertiary/aromatic N) is 4. The van der Waals surface area contributed by atoms with E-state index >= 15 is 0 Å². The topological polar surface area (TPSA) is 53.9 Å². The van der Waals surface area contributed by atoms with Crippen LogP contribution < -0.4 is 5.32 Å². The molecule has 19 heavy (non-hydrogen) atoms. The Kier molecular flexibility index (Phi) is 4.44. The minimum absolute atomic E-state index is 0.704. The van der Waals surface area contributed by atoms with Gasteiger partial charge < -0.3 is 10.2 Å². The van der Waals surface area contributed by atoms with Crippen LogP contribution in [0.1, 0.15) is 22.0 Å². The molecule has 0 bridgehead atoms. The highest BCUT2D eigenvalue weighted by molar-refractivity contribution is 7.09. The third-order valence-electron chi connectivity index (χ3n) is 2.82. The maximum atomic E-state index is 4.59. The van der Waals surface area contributed by atoms with Crippen LogP contribution in [0.25, 0.3) is 0 Å². The van der Waals surface area contributed by atoms with Crippen molar-refractivity contribution in [3.8, 4) is 0 Å². The molecule has 102 valence electrons. The van der Waals surface area contributed by atoms with Gasteiger partial charge in [-0.25, -0.2) is 15.0 Å². The Labute approximate surface area is 117 Å². The summed E-state index contributed by atoms with van der Waals surface area (Å²) in [5, 5.41) is 6.50. The summed E-state index contributed by atoms with van der Waals surface area (Å²) < 4.78 is 0. The molecule has 0 saturated heterocycles. The third kappa shape index (κ3) is 3.71. The number of thiazole rings is 1. The van der Waals surface area contributed by atoms with Crippen molar-refractivity contribution in [1.82, 2.24) is 19.9 Å². The van der Waals surface area contributed by atoms with Gasteiger partial charge in [0.05, 0.1) is 12.2 Å². The Morgan fingerprint density at radius 1 is 1.26 bits per heavy atom. The molecule has 2 aromatic rings. The first-order valence-electron chi connectivity index (χ1n) is 6.16. The van der Waals surface area contributed by atoms with Crippen LogP contribution in [0.5, 0.6) is 0 Å². The van der Waals surface area contributed by atoms with Gasteiger partial charge in [0.2, 0.25) is 0 Å². The molecule has 2 aromatic heterocycles. The van der Waals surface area contributed by atoms with E-state index in [-0.39, 0.29) is 0 Å². The summed E-state index contributed by atoms with van der Waals surface area (Å²) in [6, 6.07) is 0. The standard InChI is InChI=1S/C13H19N5S/c1-9-10(2)15-8-16-13(9)14-5-12-17-11(7-19-12)6-18(3)4/h7-8H,5-6H2,1-4H3,(H,14,15,16). The van der Waals surface area contributed by atoms with Crippen LogP contribution >= 0.6 is 11.3 Å². The van der Waals surface area contributed by atoms with Gasteiger partial charge in [0.15, 0.2) is 0 Å². The van der Waals surface area contributed by atoms with Gasteiger partial charge >= 0.3 is 0 Å². The van der Waals surface area contributed by atoms with Crippen LogP contribution in [0.15, 0.2) is 11.7 Å². The first-order valence-corrected chi connectivity index (χ1v) is 7.04. The molecule has 0 aliphatic carbocycles. The molecule has 5 nitrogen and oxygen atoms in total. The lowest BCUT2D eigenvalue weighted by Crippen LogP contribution is -2.11. The fraction of sp³-hybridized carbons (Fsp3) is 0.462. The summed E-state index contributed by atoms with van der Waals surface area (Å²) in [5.41, 5.74) is 3.21. The van der Waals surface area contributed by atoms with Gasteiger partial charge in [0, 0.05) is 23.2 Å². The molecular weight excluding hydrogens is 258 g/mol. The second-order valence-corrected chi connectivity index (χ2v) is 5.70. The highest BCUT2D eigenvalue weighted by Gasteiger charge is 2.06. The van der Waals surface area contributed by atoms with Crippen LogP contribution in [-0.4, -0.2) is 33.9 Å². The second-order valence-electron chi connectivity index (χ2n) is 4.76. The largest absolute Gasteiger partial charge is 0.363 e. The van der Waals surface area contributed by atoms with Crippen LogP contribution in [-0.2, 0) is 13.1 Å². The van der Waals surface area contributed by atoms with E-state index < -0.39 is 0 Å². The average Bonchev–Trinajstić information content (AvgIpc) is 2.78. The Morgan fingerprint density at radius 3 is 2.79 bits per heavy atom. The Morgan fingerprint density at radius 2 is 2.05 bits per heavy atom. The van der Waals surface area contributed by atoms with Gasteiger partial charge in [-0.2, -0.15) is 0 Å². The lowest BCUT2D eigenvalue weighted by molar-refractivity contribution is 0.397. The molecule has 6 heteroatoms. The zero-order valence-electron chi connectivity index (χ0n) is 11.8. The van der Waals surface area contributed by atoms with Gasteiger partial charge in [0.25, 0.3) is 0 Å². The molecule has 0 radical (unpaired) electrons. The van der Waals surface area contributed by atoms with E-state index in [2.05, 4.69) is 30.5 Å². The van der Waals surface area contributed by atoms with Gasteiger partial charge in [-0.3, -0.25) is 0 Å². The van der Waals surface area contributed by atoms with Gasteiger partial charge in [-0.15, -0.1) is 11.3 Å². The van der Waals surface area contributed by atoms with E-state index in [4.69, 9.17) is 0 Å². The molecular formula is C13H19N5S. The predicted octanol–water partition coefficient (Wildman–Crippen LogP) is 2.22. The van der Waals surface area contributed by atoms with E-state index in [9.17, 15) is 0 Å². The van der Waals surface area contributed by atoms with E-state index in [1.165, 1.54) is 0 Å². The zero-order chi connectivity index (χ0) is 13.8. The highest BCUT2D eigenvalue weighted by atomic mass is 32.1. The van der Waals surface area contributed by atoms with Gasteiger partial charge in [0.1, 0.15) is 17.2 Å². The van der Waals surface area contributed by atoms with Crippen molar-refractivity contribution in [3.05, 3.63) is 33.7 Å². The fourth-order valence-corrected chi connectivity index (χ4v) is 2.43. The molecule has 0 unspecified atom stereocenters. The molecule has 2 heterocycles.